The van der Waals surface area contributed by atoms with Crippen LogP contribution in [0.25, 0.3) is 0 Å². The highest BCUT2D eigenvalue weighted by atomic mass is 127. The van der Waals surface area contributed by atoms with Crippen LogP contribution in [0.5, 0.6) is 0 Å². The third-order valence-electron chi connectivity index (χ3n) is 4.98. The van der Waals surface area contributed by atoms with E-state index in [4.69, 9.17) is 4.99 Å². The summed E-state index contributed by atoms with van der Waals surface area (Å²) in [7, 11) is 1.65. The van der Waals surface area contributed by atoms with Crippen LogP contribution in [0.2, 0.25) is 0 Å². The zero-order chi connectivity index (χ0) is 21.2. The number of benzene rings is 2. The lowest BCUT2D eigenvalue weighted by Crippen LogP contribution is -2.38. The predicted molar refractivity (Wildman–Crippen MR) is 140 cm³/mol. The second-order valence-electron chi connectivity index (χ2n) is 7.20. The van der Waals surface area contributed by atoms with Crippen molar-refractivity contribution in [2.24, 2.45) is 4.99 Å². The number of carbonyl (C=O) groups excluding carboxylic acids is 1. The third-order valence-corrected chi connectivity index (χ3v) is 4.98. The summed E-state index contributed by atoms with van der Waals surface area (Å²) < 4.78 is 0. The Labute approximate surface area is 202 Å². The van der Waals surface area contributed by atoms with E-state index in [1.807, 2.05) is 24.3 Å². The van der Waals surface area contributed by atoms with Crippen LogP contribution in [0.1, 0.15) is 28.4 Å². The molecule has 0 aliphatic carbocycles. The second kappa shape index (κ2) is 13.0. The lowest BCUT2D eigenvalue weighted by Gasteiger charge is -2.18. The van der Waals surface area contributed by atoms with Gasteiger partial charge in [0, 0.05) is 44.5 Å². The Morgan fingerprint density at radius 2 is 1.77 bits per heavy atom. The minimum Gasteiger partial charge on any atom is -0.364 e. The van der Waals surface area contributed by atoms with E-state index in [0.29, 0.717) is 12.1 Å². The van der Waals surface area contributed by atoms with Gasteiger partial charge in [-0.2, -0.15) is 0 Å². The van der Waals surface area contributed by atoms with Gasteiger partial charge in [-0.05, 0) is 48.7 Å². The normalized spacial score (nSPS) is 13.0. The number of aliphatic imine (C=N–C) groups is 1. The minimum absolute atomic E-state index is 0. The molecule has 2 aromatic carbocycles. The van der Waals surface area contributed by atoms with Gasteiger partial charge >= 0.3 is 0 Å². The molecule has 6 nitrogen and oxygen atoms in total. The summed E-state index contributed by atoms with van der Waals surface area (Å²) in [5.41, 5.74) is 4.23. The van der Waals surface area contributed by atoms with Crippen molar-refractivity contribution in [3.63, 3.8) is 0 Å². The summed E-state index contributed by atoms with van der Waals surface area (Å²) in [5, 5.41) is 9.36. The molecule has 166 valence electrons. The molecule has 0 radical (unpaired) electrons. The fourth-order valence-electron chi connectivity index (χ4n) is 3.39. The summed E-state index contributed by atoms with van der Waals surface area (Å²) in [4.78, 5) is 18.9. The molecule has 3 N–H and O–H groups in total. The fourth-order valence-corrected chi connectivity index (χ4v) is 3.39. The lowest BCUT2D eigenvalue weighted by molar-refractivity contribution is 0.0963. The van der Waals surface area contributed by atoms with Crippen LogP contribution in [0.3, 0.4) is 0 Å². The first-order valence-electron chi connectivity index (χ1n) is 10.5. The molecule has 2 aromatic rings. The monoisotopic (exact) mass is 533 g/mol. The number of rotatable bonds is 8. The Morgan fingerprint density at radius 3 is 2.52 bits per heavy atom. The van der Waals surface area contributed by atoms with Crippen molar-refractivity contribution in [1.82, 2.24) is 16.0 Å². The molecule has 7 heteroatoms. The standard InChI is InChI=1S/C24H31N5O.HI/c1-3-26-24(27-13-12-19-8-6-10-21(16-19)23(30)25-2)28-18-20-9-7-11-22(17-20)29-14-4-5-15-29;/h4-11,16-17H,3,12-15,18H2,1-2H3,(H,25,30)(H2,26,27,28);1H. The SMILES string of the molecule is CCNC(=NCc1cccc(N2CC=CC2)c1)NCCc1cccc(C(=O)NC)c1.I. The van der Waals surface area contributed by atoms with Gasteiger partial charge in [0.2, 0.25) is 0 Å². The molecule has 0 atom stereocenters. The molecule has 0 saturated carbocycles. The maximum Gasteiger partial charge on any atom is 0.251 e. The van der Waals surface area contributed by atoms with Crippen molar-refractivity contribution in [2.75, 3.05) is 38.1 Å². The van der Waals surface area contributed by atoms with Crippen LogP contribution in [-0.2, 0) is 13.0 Å². The molecule has 1 heterocycles. The average molecular weight is 533 g/mol. The van der Waals surface area contributed by atoms with Crippen molar-refractivity contribution >= 4 is 41.5 Å². The molecular weight excluding hydrogens is 501 g/mol. The quantitative estimate of drug-likeness (QED) is 0.211. The van der Waals surface area contributed by atoms with Gasteiger partial charge in [0.15, 0.2) is 5.96 Å². The van der Waals surface area contributed by atoms with Gasteiger partial charge in [-0.25, -0.2) is 4.99 Å². The summed E-state index contributed by atoms with van der Waals surface area (Å²) in [6.45, 7) is 6.16. The van der Waals surface area contributed by atoms with E-state index in [9.17, 15) is 4.79 Å². The number of anilines is 1. The molecular formula is C24H32IN5O. The van der Waals surface area contributed by atoms with E-state index in [1.54, 1.807) is 7.05 Å². The van der Waals surface area contributed by atoms with E-state index < -0.39 is 0 Å². The average Bonchev–Trinajstić information content (AvgIpc) is 3.32. The van der Waals surface area contributed by atoms with E-state index >= 15 is 0 Å². The van der Waals surface area contributed by atoms with Crippen molar-refractivity contribution in [3.05, 3.63) is 77.4 Å². The number of hydrogen-bond acceptors (Lipinski definition) is 3. The van der Waals surface area contributed by atoms with Crippen molar-refractivity contribution in [1.29, 1.82) is 0 Å². The molecule has 0 fully saturated rings. The zero-order valence-electron chi connectivity index (χ0n) is 18.2. The summed E-state index contributed by atoms with van der Waals surface area (Å²) >= 11 is 0. The first-order chi connectivity index (χ1) is 14.7. The van der Waals surface area contributed by atoms with Gasteiger partial charge < -0.3 is 20.9 Å². The van der Waals surface area contributed by atoms with E-state index in [2.05, 4.69) is 64.2 Å². The molecule has 0 aromatic heterocycles. The minimum atomic E-state index is -0.0633. The van der Waals surface area contributed by atoms with Gasteiger partial charge in [-0.3, -0.25) is 4.79 Å². The van der Waals surface area contributed by atoms with Gasteiger partial charge in [0.05, 0.1) is 6.54 Å². The lowest BCUT2D eigenvalue weighted by atomic mass is 10.1. The van der Waals surface area contributed by atoms with Crippen molar-refractivity contribution in [3.8, 4) is 0 Å². The highest BCUT2D eigenvalue weighted by Crippen LogP contribution is 2.18. The van der Waals surface area contributed by atoms with Gasteiger partial charge in [0.1, 0.15) is 0 Å². The Balaban J connectivity index is 0.00000341. The number of amides is 1. The van der Waals surface area contributed by atoms with Crippen LogP contribution in [0.4, 0.5) is 5.69 Å². The van der Waals surface area contributed by atoms with Crippen LogP contribution >= 0.6 is 24.0 Å². The predicted octanol–water partition coefficient (Wildman–Crippen LogP) is 3.34. The largest absolute Gasteiger partial charge is 0.364 e. The van der Waals surface area contributed by atoms with E-state index in [0.717, 1.165) is 44.1 Å². The summed E-state index contributed by atoms with van der Waals surface area (Å²) in [6.07, 6.45) is 5.21. The summed E-state index contributed by atoms with van der Waals surface area (Å²) in [5.74, 6) is 0.736. The maximum absolute atomic E-state index is 11.8. The Kier molecular flexibility index (Phi) is 10.4. The van der Waals surface area contributed by atoms with Gasteiger partial charge in [0.25, 0.3) is 5.91 Å². The molecule has 0 spiro atoms. The molecule has 3 rings (SSSR count). The number of halogens is 1. The number of hydrogen-bond donors (Lipinski definition) is 3. The van der Waals surface area contributed by atoms with E-state index in [1.165, 1.54) is 11.3 Å². The van der Waals surface area contributed by atoms with Crippen LogP contribution < -0.4 is 20.9 Å². The smallest absolute Gasteiger partial charge is 0.251 e. The van der Waals surface area contributed by atoms with Gasteiger partial charge in [-0.15, -0.1) is 24.0 Å². The Morgan fingerprint density at radius 1 is 1.03 bits per heavy atom. The topological polar surface area (TPSA) is 68.8 Å². The number of nitrogens with zero attached hydrogens (tertiary/aromatic N) is 2. The molecule has 1 aliphatic heterocycles. The Hall–Kier alpha value is -2.55. The number of carbonyl (C=O) groups is 1. The highest BCUT2D eigenvalue weighted by molar-refractivity contribution is 14.0. The number of nitrogens with one attached hydrogen (secondary N) is 3. The molecule has 0 saturated heterocycles. The van der Waals surface area contributed by atoms with E-state index in [-0.39, 0.29) is 29.9 Å². The molecule has 1 amide bonds. The fraction of sp³-hybridized carbons (Fsp3) is 0.333. The maximum atomic E-state index is 11.8. The second-order valence-corrected chi connectivity index (χ2v) is 7.20. The first-order valence-corrected chi connectivity index (χ1v) is 10.5. The third kappa shape index (κ3) is 7.57. The molecule has 0 bridgehead atoms. The van der Waals surface area contributed by atoms with Crippen molar-refractivity contribution in [2.45, 2.75) is 19.9 Å². The highest BCUT2D eigenvalue weighted by Gasteiger charge is 2.08. The van der Waals surface area contributed by atoms with Crippen LogP contribution in [0, 0.1) is 0 Å². The molecule has 1 aliphatic rings. The molecule has 31 heavy (non-hydrogen) atoms. The summed E-state index contributed by atoms with van der Waals surface area (Å²) in [6, 6.07) is 16.3. The van der Waals surface area contributed by atoms with Crippen LogP contribution in [-0.4, -0.2) is 45.1 Å². The van der Waals surface area contributed by atoms with Crippen LogP contribution in [0.15, 0.2) is 65.7 Å². The van der Waals surface area contributed by atoms with Crippen molar-refractivity contribution < 1.29 is 4.79 Å². The molecule has 0 unspecified atom stereocenters. The first kappa shape index (κ1) is 24.7. The van der Waals surface area contributed by atoms with Gasteiger partial charge in [-0.1, -0.05) is 36.4 Å². The zero-order valence-corrected chi connectivity index (χ0v) is 20.6. The number of guanidine groups is 1. The Bertz CT molecular complexity index is 904.